The molecule has 0 heterocycles. The highest BCUT2D eigenvalue weighted by Crippen LogP contribution is 2.25. The van der Waals surface area contributed by atoms with Crippen molar-refractivity contribution < 1.29 is 0 Å². The first-order valence-electron chi connectivity index (χ1n) is 6.97. The van der Waals surface area contributed by atoms with Gasteiger partial charge in [0.25, 0.3) is 0 Å². The van der Waals surface area contributed by atoms with Gasteiger partial charge in [0.2, 0.25) is 0 Å². The fourth-order valence-corrected chi connectivity index (χ4v) is 2.26. The van der Waals surface area contributed by atoms with Crippen molar-refractivity contribution in [2.24, 2.45) is 11.7 Å². The van der Waals surface area contributed by atoms with Gasteiger partial charge in [-0.2, -0.15) is 0 Å². The first kappa shape index (κ1) is 15.0. The van der Waals surface area contributed by atoms with Crippen LogP contribution >= 0.6 is 0 Å². The Morgan fingerprint density at radius 1 is 1.28 bits per heavy atom. The van der Waals surface area contributed by atoms with Gasteiger partial charge in [0.15, 0.2) is 0 Å². The van der Waals surface area contributed by atoms with E-state index in [1.165, 1.54) is 30.4 Å². The zero-order valence-electron chi connectivity index (χ0n) is 12.1. The molecule has 0 bridgehead atoms. The van der Waals surface area contributed by atoms with E-state index < -0.39 is 0 Å². The van der Waals surface area contributed by atoms with Crippen molar-refractivity contribution >= 4 is 6.08 Å². The van der Waals surface area contributed by atoms with Gasteiger partial charge in [0, 0.05) is 5.54 Å². The lowest BCUT2D eigenvalue weighted by molar-refractivity contribution is 0.292. The second-order valence-corrected chi connectivity index (χ2v) is 5.81. The molecule has 1 atom stereocenters. The van der Waals surface area contributed by atoms with Gasteiger partial charge >= 0.3 is 0 Å². The Hall–Kier alpha value is -1.08. The summed E-state index contributed by atoms with van der Waals surface area (Å²) in [5.74, 6) is 0.548. The molecule has 0 fully saturated rings. The fourth-order valence-electron chi connectivity index (χ4n) is 2.26. The van der Waals surface area contributed by atoms with Gasteiger partial charge in [-0.1, -0.05) is 56.7 Å². The fraction of sp³-hybridized carbons (Fsp3) is 0.529. The monoisotopic (exact) mass is 245 g/mol. The maximum Gasteiger partial charge on any atom is 0.0129 e. The molecule has 0 saturated carbocycles. The highest BCUT2D eigenvalue weighted by atomic mass is 14.7. The third-order valence-electron chi connectivity index (χ3n) is 3.66. The van der Waals surface area contributed by atoms with Crippen LogP contribution in [0.5, 0.6) is 0 Å². The maximum atomic E-state index is 6.31. The molecular formula is C17H27N. The molecule has 0 aromatic heterocycles. The smallest absolute Gasteiger partial charge is 0.0129 e. The minimum absolute atomic E-state index is 0.105. The summed E-state index contributed by atoms with van der Waals surface area (Å²) in [6.07, 6.45) is 6.66. The molecule has 1 aromatic rings. The Balaban J connectivity index is 2.72. The molecule has 2 N–H and O–H groups in total. The molecule has 1 aromatic carbocycles. The number of benzene rings is 1. The van der Waals surface area contributed by atoms with Crippen LogP contribution in [0.1, 0.15) is 51.2 Å². The van der Waals surface area contributed by atoms with Crippen molar-refractivity contribution in [3.05, 3.63) is 42.0 Å². The van der Waals surface area contributed by atoms with E-state index in [0.29, 0.717) is 5.92 Å². The van der Waals surface area contributed by atoms with Crippen LogP contribution in [0.3, 0.4) is 0 Å². The molecule has 100 valence electrons. The second kappa shape index (κ2) is 6.75. The highest BCUT2D eigenvalue weighted by molar-refractivity contribution is 5.47. The van der Waals surface area contributed by atoms with Crippen LogP contribution in [0, 0.1) is 5.92 Å². The molecule has 0 radical (unpaired) electrons. The molecule has 1 unspecified atom stereocenters. The number of hydrogen-bond donors (Lipinski definition) is 1. The van der Waals surface area contributed by atoms with Gasteiger partial charge in [0.1, 0.15) is 0 Å². The topological polar surface area (TPSA) is 26.0 Å². The SMILES string of the molecule is C=Cc1ccc(CC(CCCC)C(C)(C)N)cc1. The lowest BCUT2D eigenvalue weighted by Gasteiger charge is -2.31. The van der Waals surface area contributed by atoms with E-state index in [9.17, 15) is 0 Å². The summed E-state index contributed by atoms with van der Waals surface area (Å²) in [5.41, 5.74) is 8.76. The van der Waals surface area contributed by atoms with Crippen LogP contribution in [0.25, 0.3) is 6.08 Å². The van der Waals surface area contributed by atoms with Crippen molar-refractivity contribution in [1.29, 1.82) is 0 Å². The maximum absolute atomic E-state index is 6.31. The van der Waals surface area contributed by atoms with Crippen LogP contribution in [-0.2, 0) is 6.42 Å². The number of nitrogens with two attached hydrogens (primary N) is 1. The molecule has 0 amide bonds. The standard InChI is InChI=1S/C17H27N/c1-5-7-8-16(17(3,4)18)13-15-11-9-14(6-2)10-12-15/h6,9-12,16H,2,5,7-8,13,18H2,1,3-4H3. The normalized spacial score (nSPS) is 13.3. The third kappa shape index (κ3) is 4.66. The van der Waals surface area contributed by atoms with E-state index in [-0.39, 0.29) is 5.54 Å². The van der Waals surface area contributed by atoms with Gasteiger partial charge in [-0.05, 0) is 43.7 Å². The molecule has 0 spiro atoms. The van der Waals surface area contributed by atoms with E-state index in [1.807, 2.05) is 6.08 Å². The van der Waals surface area contributed by atoms with Crippen molar-refractivity contribution in [2.75, 3.05) is 0 Å². The lowest BCUT2D eigenvalue weighted by atomic mass is 9.80. The first-order valence-corrected chi connectivity index (χ1v) is 6.97. The molecule has 0 aliphatic carbocycles. The number of hydrogen-bond acceptors (Lipinski definition) is 1. The number of unbranched alkanes of at least 4 members (excludes halogenated alkanes) is 1. The lowest BCUT2D eigenvalue weighted by Crippen LogP contribution is -2.42. The summed E-state index contributed by atoms with van der Waals surface area (Å²) in [5, 5.41) is 0. The largest absolute Gasteiger partial charge is 0.325 e. The second-order valence-electron chi connectivity index (χ2n) is 5.81. The number of rotatable bonds is 7. The Labute approximate surface area is 112 Å². The van der Waals surface area contributed by atoms with Crippen molar-refractivity contribution in [3.63, 3.8) is 0 Å². The average Bonchev–Trinajstić information content (AvgIpc) is 2.34. The zero-order chi connectivity index (χ0) is 13.6. The predicted molar refractivity (Wildman–Crippen MR) is 81.5 cm³/mol. The van der Waals surface area contributed by atoms with E-state index >= 15 is 0 Å². The van der Waals surface area contributed by atoms with Gasteiger partial charge in [-0.3, -0.25) is 0 Å². The average molecular weight is 245 g/mol. The summed E-state index contributed by atoms with van der Waals surface area (Å²) in [7, 11) is 0. The van der Waals surface area contributed by atoms with Crippen molar-refractivity contribution in [3.8, 4) is 0 Å². The Kier molecular flexibility index (Phi) is 5.61. The molecule has 1 rings (SSSR count). The Morgan fingerprint density at radius 2 is 1.89 bits per heavy atom. The quantitative estimate of drug-likeness (QED) is 0.756. The van der Waals surface area contributed by atoms with Gasteiger partial charge in [-0.15, -0.1) is 0 Å². The molecule has 1 heteroatoms. The molecule has 0 saturated heterocycles. The van der Waals surface area contributed by atoms with Crippen molar-refractivity contribution in [2.45, 2.75) is 52.0 Å². The van der Waals surface area contributed by atoms with Crippen LogP contribution in [0.4, 0.5) is 0 Å². The van der Waals surface area contributed by atoms with Gasteiger partial charge in [-0.25, -0.2) is 0 Å². The molecule has 1 nitrogen and oxygen atoms in total. The summed E-state index contributed by atoms with van der Waals surface area (Å²) >= 11 is 0. The van der Waals surface area contributed by atoms with E-state index in [0.717, 1.165) is 6.42 Å². The minimum atomic E-state index is -0.105. The Bertz CT molecular complexity index is 356. The van der Waals surface area contributed by atoms with Crippen LogP contribution in [0.15, 0.2) is 30.8 Å². The minimum Gasteiger partial charge on any atom is -0.325 e. The van der Waals surface area contributed by atoms with Crippen LogP contribution < -0.4 is 5.73 Å². The first-order chi connectivity index (χ1) is 8.47. The third-order valence-corrected chi connectivity index (χ3v) is 3.66. The molecule has 0 aliphatic heterocycles. The predicted octanol–water partition coefficient (Wildman–Crippen LogP) is 4.42. The summed E-state index contributed by atoms with van der Waals surface area (Å²) in [6.45, 7) is 10.3. The van der Waals surface area contributed by atoms with Gasteiger partial charge < -0.3 is 5.73 Å². The summed E-state index contributed by atoms with van der Waals surface area (Å²) in [4.78, 5) is 0. The van der Waals surface area contributed by atoms with E-state index in [2.05, 4.69) is 51.6 Å². The highest BCUT2D eigenvalue weighted by Gasteiger charge is 2.24. The summed E-state index contributed by atoms with van der Waals surface area (Å²) < 4.78 is 0. The Morgan fingerprint density at radius 3 is 2.33 bits per heavy atom. The summed E-state index contributed by atoms with van der Waals surface area (Å²) in [6, 6.07) is 8.65. The van der Waals surface area contributed by atoms with Crippen LogP contribution in [0.2, 0.25) is 0 Å². The molecular weight excluding hydrogens is 218 g/mol. The van der Waals surface area contributed by atoms with E-state index in [4.69, 9.17) is 5.73 Å². The van der Waals surface area contributed by atoms with Crippen LogP contribution in [-0.4, -0.2) is 5.54 Å². The zero-order valence-corrected chi connectivity index (χ0v) is 12.1. The van der Waals surface area contributed by atoms with Gasteiger partial charge in [0.05, 0.1) is 0 Å². The van der Waals surface area contributed by atoms with Crippen molar-refractivity contribution in [1.82, 2.24) is 0 Å². The van der Waals surface area contributed by atoms with E-state index in [1.54, 1.807) is 0 Å². The molecule has 0 aliphatic rings. The molecule has 18 heavy (non-hydrogen) atoms.